The number of methoxy groups -OCH3 is 1. The minimum absolute atomic E-state index is 0.130. The highest BCUT2D eigenvalue weighted by molar-refractivity contribution is 5.54. The molecule has 0 aromatic heterocycles. The summed E-state index contributed by atoms with van der Waals surface area (Å²) in [5.41, 5.74) is 8.08. The third-order valence-corrected chi connectivity index (χ3v) is 3.13. The molecule has 2 N–H and O–H groups in total. The van der Waals surface area contributed by atoms with Crippen molar-refractivity contribution in [1.29, 1.82) is 0 Å². The van der Waals surface area contributed by atoms with Crippen LogP contribution in [0.3, 0.4) is 0 Å². The number of anilines is 1. The van der Waals surface area contributed by atoms with Crippen molar-refractivity contribution in [2.75, 3.05) is 12.8 Å². The molecule has 0 atom stereocenters. The number of nitrogen functional groups attached to an aromatic ring is 1. The third kappa shape index (κ3) is 3.20. The van der Waals surface area contributed by atoms with E-state index in [0.717, 1.165) is 12.0 Å². The van der Waals surface area contributed by atoms with E-state index in [0.29, 0.717) is 22.7 Å². The summed E-state index contributed by atoms with van der Waals surface area (Å²) in [5, 5.41) is 0. The fraction of sp³-hybridized carbons (Fsp3) is 0.250. The van der Waals surface area contributed by atoms with Gasteiger partial charge in [-0.1, -0.05) is 13.0 Å². The largest absolute Gasteiger partial charge is 0.497 e. The second-order valence-electron chi connectivity index (χ2n) is 4.47. The van der Waals surface area contributed by atoms with Crippen molar-refractivity contribution in [1.82, 2.24) is 0 Å². The van der Waals surface area contributed by atoms with Crippen molar-refractivity contribution in [3.05, 3.63) is 53.3 Å². The van der Waals surface area contributed by atoms with Crippen LogP contribution >= 0.6 is 0 Å². The number of benzene rings is 2. The van der Waals surface area contributed by atoms with E-state index in [1.165, 1.54) is 13.2 Å². The topological polar surface area (TPSA) is 44.5 Å². The molecule has 2 aromatic rings. The molecule has 0 aliphatic carbocycles. The van der Waals surface area contributed by atoms with Crippen LogP contribution in [0.4, 0.5) is 10.1 Å². The molecule has 0 saturated heterocycles. The Kier molecular flexibility index (Phi) is 4.45. The van der Waals surface area contributed by atoms with E-state index >= 15 is 0 Å². The van der Waals surface area contributed by atoms with Crippen molar-refractivity contribution in [3.63, 3.8) is 0 Å². The number of nitrogens with two attached hydrogens (primary N) is 1. The summed E-state index contributed by atoms with van der Waals surface area (Å²) in [6, 6.07) is 10.3. The molecule has 2 rings (SSSR count). The molecule has 0 radical (unpaired) electrons. The molecule has 4 heteroatoms. The van der Waals surface area contributed by atoms with Crippen LogP contribution in [0.2, 0.25) is 0 Å². The molecule has 2 aromatic carbocycles. The summed E-state index contributed by atoms with van der Waals surface area (Å²) in [6.45, 7) is 2.19. The summed E-state index contributed by atoms with van der Waals surface area (Å²) < 4.78 is 24.3. The lowest BCUT2D eigenvalue weighted by molar-refractivity contribution is 0.301. The Bertz CT molecular complexity index is 546. The van der Waals surface area contributed by atoms with E-state index in [2.05, 4.69) is 6.92 Å². The fourth-order valence-corrected chi connectivity index (χ4v) is 1.88. The lowest BCUT2D eigenvalue weighted by atomic mass is 10.1. The number of hydrogen-bond acceptors (Lipinski definition) is 3. The Balaban J connectivity index is 2.09. The fourth-order valence-electron chi connectivity index (χ4n) is 1.88. The first-order chi connectivity index (χ1) is 9.63. The maximum Gasteiger partial charge on any atom is 0.142 e. The molecule has 0 heterocycles. The second kappa shape index (κ2) is 6.28. The van der Waals surface area contributed by atoms with Crippen LogP contribution < -0.4 is 15.2 Å². The van der Waals surface area contributed by atoms with Gasteiger partial charge in [-0.2, -0.15) is 0 Å². The van der Waals surface area contributed by atoms with Crippen LogP contribution in [0.1, 0.15) is 18.1 Å². The molecule has 0 unspecified atom stereocenters. The smallest absolute Gasteiger partial charge is 0.142 e. The zero-order chi connectivity index (χ0) is 14.5. The van der Waals surface area contributed by atoms with Crippen molar-refractivity contribution < 1.29 is 13.9 Å². The highest BCUT2D eigenvalue weighted by atomic mass is 19.1. The molecule has 0 fully saturated rings. The highest BCUT2D eigenvalue weighted by Crippen LogP contribution is 2.25. The standard InChI is InChI=1S/C16H18FNO2/c1-3-11-4-7-16(15(18)8-11)20-10-12-5-6-13(19-2)9-14(12)17/h4-9H,3,10,18H2,1-2H3. The lowest BCUT2D eigenvalue weighted by Gasteiger charge is -2.11. The van der Waals surface area contributed by atoms with Gasteiger partial charge in [0.05, 0.1) is 12.8 Å². The van der Waals surface area contributed by atoms with Gasteiger partial charge in [0, 0.05) is 11.6 Å². The Morgan fingerprint density at radius 2 is 1.95 bits per heavy atom. The zero-order valence-corrected chi connectivity index (χ0v) is 11.7. The molecular formula is C16H18FNO2. The van der Waals surface area contributed by atoms with Crippen molar-refractivity contribution in [2.24, 2.45) is 0 Å². The Morgan fingerprint density at radius 3 is 2.55 bits per heavy atom. The predicted molar refractivity (Wildman–Crippen MR) is 77.5 cm³/mol. The van der Waals surface area contributed by atoms with Gasteiger partial charge in [-0.25, -0.2) is 4.39 Å². The SMILES string of the molecule is CCc1ccc(OCc2ccc(OC)cc2F)c(N)c1. The van der Waals surface area contributed by atoms with E-state index < -0.39 is 0 Å². The monoisotopic (exact) mass is 275 g/mol. The lowest BCUT2D eigenvalue weighted by Crippen LogP contribution is -2.01. The molecule has 0 saturated carbocycles. The molecule has 0 amide bonds. The zero-order valence-electron chi connectivity index (χ0n) is 11.7. The minimum Gasteiger partial charge on any atom is -0.497 e. The summed E-state index contributed by atoms with van der Waals surface area (Å²) in [4.78, 5) is 0. The average molecular weight is 275 g/mol. The van der Waals surface area contributed by atoms with Crippen LogP contribution in [0.5, 0.6) is 11.5 Å². The van der Waals surface area contributed by atoms with Crippen LogP contribution in [0.25, 0.3) is 0 Å². The summed E-state index contributed by atoms with van der Waals surface area (Å²) in [6.07, 6.45) is 0.914. The van der Waals surface area contributed by atoms with Crippen molar-refractivity contribution >= 4 is 5.69 Å². The first-order valence-corrected chi connectivity index (χ1v) is 6.47. The maximum absolute atomic E-state index is 13.8. The summed E-state index contributed by atoms with van der Waals surface area (Å²) in [7, 11) is 1.50. The molecule has 0 aliphatic rings. The van der Waals surface area contributed by atoms with E-state index in [1.54, 1.807) is 12.1 Å². The molecule has 0 bridgehead atoms. The Morgan fingerprint density at radius 1 is 1.15 bits per heavy atom. The molecule has 0 spiro atoms. The summed E-state index contributed by atoms with van der Waals surface area (Å²) >= 11 is 0. The van der Waals surface area contributed by atoms with E-state index in [9.17, 15) is 4.39 Å². The van der Waals surface area contributed by atoms with Crippen LogP contribution in [-0.2, 0) is 13.0 Å². The van der Waals surface area contributed by atoms with Crippen LogP contribution in [-0.4, -0.2) is 7.11 Å². The van der Waals surface area contributed by atoms with Gasteiger partial charge in [-0.15, -0.1) is 0 Å². The van der Waals surface area contributed by atoms with Gasteiger partial charge in [-0.3, -0.25) is 0 Å². The molecular weight excluding hydrogens is 257 g/mol. The number of hydrogen-bond donors (Lipinski definition) is 1. The van der Waals surface area contributed by atoms with Gasteiger partial charge in [-0.05, 0) is 36.2 Å². The quantitative estimate of drug-likeness (QED) is 0.849. The van der Waals surface area contributed by atoms with Crippen LogP contribution in [0.15, 0.2) is 36.4 Å². The molecule has 0 aliphatic heterocycles. The first kappa shape index (κ1) is 14.2. The average Bonchev–Trinajstić information content (AvgIpc) is 2.46. The van der Waals surface area contributed by atoms with Crippen LogP contribution in [0, 0.1) is 5.82 Å². The predicted octanol–water partition coefficient (Wildman–Crippen LogP) is 3.56. The number of ether oxygens (including phenoxy) is 2. The number of halogens is 1. The van der Waals surface area contributed by atoms with Gasteiger partial charge in [0.1, 0.15) is 23.9 Å². The maximum atomic E-state index is 13.8. The number of rotatable bonds is 5. The Hall–Kier alpha value is -2.23. The number of aryl methyl sites for hydroxylation is 1. The van der Waals surface area contributed by atoms with Gasteiger partial charge < -0.3 is 15.2 Å². The van der Waals surface area contributed by atoms with Gasteiger partial charge in [0.15, 0.2) is 0 Å². The van der Waals surface area contributed by atoms with Gasteiger partial charge in [0.2, 0.25) is 0 Å². The molecule has 106 valence electrons. The van der Waals surface area contributed by atoms with E-state index in [1.807, 2.05) is 18.2 Å². The highest BCUT2D eigenvalue weighted by Gasteiger charge is 2.07. The normalized spacial score (nSPS) is 10.3. The Labute approximate surface area is 118 Å². The summed E-state index contributed by atoms with van der Waals surface area (Å²) in [5.74, 6) is 0.698. The van der Waals surface area contributed by atoms with E-state index in [4.69, 9.17) is 15.2 Å². The molecule has 20 heavy (non-hydrogen) atoms. The second-order valence-corrected chi connectivity index (χ2v) is 4.47. The van der Waals surface area contributed by atoms with Gasteiger partial charge in [0.25, 0.3) is 0 Å². The van der Waals surface area contributed by atoms with Crippen molar-refractivity contribution in [2.45, 2.75) is 20.0 Å². The third-order valence-electron chi connectivity index (χ3n) is 3.13. The minimum atomic E-state index is -0.354. The first-order valence-electron chi connectivity index (χ1n) is 6.47. The van der Waals surface area contributed by atoms with E-state index in [-0.39, 0.29) is 12.4 Å². The van der Waals surface area contributed by atoms with Crippen molar-refractivity contribution in [3.8, 4) is 11.5 Å². The van der Waals surface area contributed by atoms with Gasteiger partial charge >= 0.3 is 0 Å². The molecule has 3 nitrogen and oxygen atoms in total.